The molecule has 4 heteroatoms. The van der Waals surface area contributed by atoms with E-state index in [1.54, 1.807) is 0 Å². The van der Waals surface area contributed by atoms with Crippen LogP contribution in [0.25, 0.3) is 0 Å². The topological polar surface area (TPSA) is 29.3 Å². The molecule has 0 saturated carbocycles. The second kappa shape index (κ2) is 7.95. The first-order chi connectivity index (χ1) is 10.1. The van der Waals surface area contributed by atoms with Gasteiger partial charge in [-0.2, -0.15) is 0 Å². The van der Waals surface area contributed by atoms with Crippen LogP contribution < -0.4 is 5.73 Å². The number of thiophene rings is 1. The molecule has 1 aromatic heterocycles. The van der Waals surface area contributed by atoms with E-state index in [0.717, 1.165) is 24.4 Å². The standard InChI is InChI=1S/C17H23ClN2S/c1-3-16(19)17(13-6-8-14(18)9-7-13)20(2)11-10-15-5-4-12-21-15/h4-9,12,16-17H,3,10-11,19H2,1-2H3. The lowest BCUT2D eigenvalue weighted by molar-refractivity contribution is 0.212. The highest BCUT2D eigenvalue weighted by molar-refractivity contribution is 7.09. The summed E-state index contributed by atoms with van der Waals surface area (Å²) in [5, 5.41) is 2.90. The third-order valence-corrected chi connectivity index (χ3v) is 5.04. The lowest BCUT2D eigenvalue weighted by Crippen LogP contribution is -2.39. The summed E-state index contributed by atoms with van der Waals surface area (Å²) in [5.74, 6) is 0. The van der Waals surface area contributed by atoms with Crippen molar-refractivity contribution in [3.05, 3.63) is 57.2 Å². The number of halogens is 1. The Bertz CT molecular complexity index is 524. The number of hydrogen-bond acceptors (Lipinski definition) is 3. The van der Waals surface area contributed by atoms with Crippen LogP contribution in [0.3, 0.4) is 0 Å². The number of benzene rings is 1. The third-order valence-electron chi connectivity index (χ3n) is 3.85. The summed E-state index contributed by atoms with van der Waals surface area (Å²) in [5.41, 5.74) is 7.60. The van der Waals surface area contributed by atoms with Crippen LogP contribution in [0.1, 0.15) is 29.8 Å². The molecule has 0 radical (unpaired) electrons. The molecule has 2 rings (SSSR count). The molecule has 2 unspecified atom stereocenters. The second-order valence-electron chi connectivity index (χ2n) is 5.38. The van der Waals surface area contributed by atoms with Crippen LogP contribution in [0, 0.1) is 0 Å². The van der Waals surface area contributed by atoms with E-state index in [4.69, 9.17) is 17.3 Å². The van der Waals surface area contributed by atoms with Crippen molar-refractivity contribution in [2.75, 3.05) is 13.6 Å². The maximum absolute atomic E-state index is 6.37. The van der Waals surface area contributed by atoms with E-state index in [0.29, 0.717) is 0 Å². The zero-order chi connectivity index (χ0) is 15.2. The zero-order valence-electron chi connectivity index (χ0n) is 12.6. The largest absolute Gasteiger partial charge is 0.326 e. The molecule has 0 aliphatic carbocycles. The summed E-state index contributed by atoms with van der Waals surface area (Å²) < 4.78 is 0. The molecular weight excluding hydrogens is 300 g/mol. The van der Waals surface area contributed by atoms with Crippen molar-refractivity contribution in [1.29, 1.82) is 0 Å². The van der Waals surface area contributed by atoms with Crippen molar-refractivity contribution in [2.45, 2.75) is 31.8 Å². The van der Waals surface area contributed by atoms with Gasteiger partial charge in [0, 0.05) is 28.5 Å². The van der Waals surface area contributed by atoms with E-state index in [-0.39, 0.29) is 12.1 Å². The van der Waals surface area contributed by atoms with E-state index >= 15 is 0 Å². The second-order valence-corrected chi connectivity index (χ2v) is 6.85. The van der Waals surface area contributed by atoms with Gasteiger partial charge in [0.1, 0.15) is 0 Å². The maximum Gasteiger partial charge on any atom is 0.0496 e. The highest BCUT2D eigenvalue weighted by Gasteiger charge is 2.22. The fraction of sp³-hybridized carbons (Fsp3) is 0.412. The summed E-state index contributed by atoms with van der Waals surface area (Å²) >= 11 is 7.81. The predicted octanol–water partition coefficient (Wildman–Crippen LogP) is 4.35. The highest BCUT2D eigenvalue weighted by Crippen LogP contribution is 2.25. The minimum absolute atomic E-state index is 0.125. The molecule has 1 aromatic carbocycles. The Balaban J connectivity index is 2.09. The Morgan fingerprint density at radius 2 is 1.95 bits per heavy atom. The number of rotatable bonds is 7. The zero-order valence-corrected chi connectivity index (χ0v) is 14.2. The van der Waals surface area contributed by atoms with Gasteiger partial charge in [-0.3, -0.25) is 4.90 Å². The molecule has 2 nitrogen and oxygen atoms in total. The van der Waals surface area contributed by atoms with E-state index in [2.05, 4.69) is 48.5 Å². The molecule has 0 aliphatic heterocycles. The molecule has 1 heterocycles. The van der Waals surface area contributed by atoms with Gasteiger partial charge >= 0.3 is 0 Å². The Kier molecular flexibility index (Phi) is 6.24. The molecule has 2 N–H and O–H groups in total. The molecule has 2 atom stereocenters. The van der Waals surface area contributed by atoms with Crippen molar-refractivity contribution < 1.29 is 0 Å². The van der Waals surface area contributed by atoms with E-state index in [1.165, 1.54) is 10.4 Å². The molecule has 0 bridgehead atoms. The van der Waals surface area contributed by atoms with Crippen LogP contribution >= 0.6 is 22.9 Å². The van der Waals surface area contributed by atoms with Crippen molar-refractivity contribution in [1.82, 2.24) is 4.90 Å². The normalized spacial score (nSPS) is 14.3. The average molecular weight is 323 g/mol. The minimum atomic E-state index is 0.125. The first kappa shape index (κ1) is 16.5. The smallest absolute Gasteiger partial charge is 0.0496 e. The molecule has 114 valence electrons. The number of nitrogens with two attached hydrogens (primary N) is 1. The van der Waals surface area contributed by atoms with Crippen LogP contribution in [0.5, 0.6) is 0 Å². The van der Waals surface area contributed by atoms with Gasteiger partial charge in [0.2, 0.25) is 0 Å². The minimum Gasteiger partial charge on any atom is -0.326 e. The SMILES string of the molecule is CCC(N)C(c1ccc(Cl)cc1)N(C)CCc1cccs1. The van der Waals surface area contributed by atoms with Gasteiger partial charge in [0.25, 0.3) is 0 Å². The van der Waals surface area contributed by atoms with Crippen LogP contribution in [0.4, 0.5) is 0 Å². The van der Waals surface area contributed by atoms with Gasteiger partial charge in [-0.15, -0.1) is 11.3 Å². The number of likely N-dealkylation sites (N-methyl/N-ethyl adjacent to an activating group) is 1. The molecular formula is C17H23ClN2S. The molecule has 0 amide bonds. The van der Waals surface area contributed by atoms with Crippen LogP contribution in [-0.2, 0) is 6.42 Å². The van der Waals surface area contributed by atoms with Gasteiger partial charge in [-0.05, 0) is 49.0 Å². The molecule has 0 spiro atoms. The van der Waals surface area contributed by atoms with Crippen molar-refractivity contribution in [2.24, 2.45) is 5.73 Å². The average Bonchev–Trinajstić information content (AvgIpc) is 3.00. The quantitative estimate of drug-likeness (QED) is 0.821. The van der Waals surface area contributed by atoms with Gasteiger partial charge < -0.3 is 5.73 Å². The number of hydrogen-bond donors (Lipinski definition) is 1. The summed E-state index contributed by atoms with van der Waals surface area (Å²) in [6.07, 6.45) is 2.02. The van der Waals surface area contributed by atoms with Crippen LogP contribution in [0.15, 0.2) is 41.8 Å². The molecule has 0 aliphatic rings. The lowest BCUT2D eigenvalue weighted by atomic mass is 9.96. The summed E-state index contributed by atoms with van der Waals surface area (Å²) in [6.45, 7) is 3.14. The van der Waals surface area contributed by atoms with Gasteiger partial charge in [0.05, 0.1) is 0 Å². The first-order valence-corrected chi connectivity index (χ1v) is 8.61. The Morgan fingerprint density at radius 1 is 1.24 bits per heavy atom. The maximum atomic E-state index is 6.37. The molecule has 0 fully saturated rings. The van der Waals surface area contributed by atoms with Crippen LogP contribution in [0.2, 0.25) is 5.02 Å². The molecule has 21 heavy (non-hydrogen) atoms. The first-order valence-electron chi connectivity index (χ1n) is 7.35. The summed E-state index contributed by atoms with van der Waals surface area (Å²) in [6, 6.07) is 12.7. The highest BCUT2D eigenvalue weighted by atomic mass is 35.5. The van der Waals surface area contributed by atoms with E-state index in [9.17, 15) is 0 Å². The Morgan fingerprint density at radius 3 is 2.52 bits per heavy atom. The van der Waals surface area contributed by atoms with Crippen molar-refractivity contribution in [3.8, 4) is 0 Å². The van der Waals surface area contributed by atoms with E-state index < -0.39 is 0 Å². The van der Waals surface area contributed by atoms with Crippen molar-refractivity contribution >= 4 is 22.9 Å². The fourth-order valence-electron chi connectivity index (χ4n) is 2.59. The lowest BCUT2D eigenvalue weighted by Gasteiger charge is -2.32. The number of nitrogens with zero attached hydrogens (tertiary/aromatic N) is 1. The summed E-state index contributed by atoms with van der Waals surface area (Å²) in [7, 11) is 2.16. The summed E-state index contributed by atoms with van der Waals surface area (Å²) in [4.78, 5) is 3.78. The Labute approximate surface area is 136 Å². The Hall–Kier alpha value is -0.870. The van der Waals surface area contributed by atoms with Crippen molar-refractivity contribution in [3.63, 3.8) is 0 Å². The fourth-order valence-corrected chi connectivity index (χ4v) is 3.42. The van der Waals surface area contributed by atoms with Gasteiger partial charge in [-0.1, -0.05) is 36.7 Å². The monoisotopic (exact) mass is 322 g/mol. The van der Waals surface area contributed by atoms with Gasteiger partial charge in [0.15, 0.2) is 0 Å². The predicted molar refractivity (Wildman–Crippen MR) is 93.1 cm³/mol. The molecule has 2 aromatic rings. The third kappa shape index (κ3) is 4.55. The van der Waals surface area contributed by atoms with E-state index in [1.807, 2.05) is 23.5 Å². The molecule has 0 saturated heterocycles. The van der Waals surface area contributed by atoms with Crippen LogP contribution in [-0.4, -0.2) is 24.5 Å². The van der Waals surface area contributed by atoms with Gasteiger partial charge in [-0.25, -0.2) is 0 Å².